The lowest BCUT2D eigenvalue weighted by Crippen LogP contribution is -2.34. The maximum atomic E-state index is 12.1. The average molecular weight is 283 g/mol. The second kappa shape index (κ2) is 5.16. The Balaban J connectivity index is 1.69. The van der Waals surface area contributed by atoms with Crippen LogP contribution in [-0.2, 0) is 12.5 Å². The van der Waals surface area contributed by atoms with Crippen molar-refractivity contribution in [2.24, 2.45) is 7.05 Å². The first kappa shape index (κ1) is 13.5. The lowest BCUT2D eigenvalue weighted by molar-refractivity contribution is 0.0942. The molecule has 1 heterocycles. The lowest BCUT2D eigenvalue weighted by Gasteiger charge is -2.16. The van der Waals surface area contributed by atoms with Gasteiger partial charge in [0.05, 0.1) is 0 Å². The van der Waals surface area contributed by atoms with E-state index < -0.39 is 0 Å². The molecule has 5 heteroatoms. The van der Waals surface area contributed by atoms with Crippen LogP contribution in [0.1, 0.15) is 28.9 Å². The predicted molar refractivity (Wildman–Crippen MR) is 79.2 cm³/mol. The van der Waals surface area contributed by atoms with Crippen LogP contribution in [0.3, 0.4) is 0 Å². The molecule has 0 radical (unpaired) electrons. The van der Waals surface area contributed by atoms with Crippen LogP contribution in [0.4, 0.5) is 0 Å². The Kier molecular flexibility index (Phi) is 3.33. The van der Waals surface area contributed by atoms with Crippen molar-refractivity contribution >= 4 is 5.91 Å². The first-order valence-electron chi connectivity index (χ1n) is 6.99. The maximum absolute atomic E-state index is 12.1. The van der Waals surface area contributed by atoms with Crippen molar-refractivity contribution < 1.29 is 4.79 Å². The minimum Gasteiger partial charge on any atom is -0.350 e. The molecule has 2 aromatic rings. The monoisotopic (exact) mass is 283 g/mol. The van der Waals surface area contributed by atoms with E-state index >= 15 is 0 Å². The molecule has 108 valence electrons. The number of hydrogen-bond acceptors (Lipinski definition) is 3. The van der Waals surface area contributed by atoms with Gasteiger partial charge in [0.15, 0.2) is 0 Å². The van der Waals surface area contributed by atoms with Gasteiger partial charge in [-0.05, 0) is 24.5 Å². The van der Waals surface area contributed by atoms with E-state index in [-0.39, 0.29) is 22.6 Å². The molecule has 0 atom stereocenters. The number of rotatable bonds is 4. The van der Waals surface area contributed by atoms with Crippen molar-refractivity contribution in [2.45, 2.75) is 18.3 Å². The highest BCUT2D eigenvalue weighted by Crippen LogP contribution is 2.47. The number of nitrogens with one attached hydrogen (secondary N) is 1. The van der Waals surface area contributed by atoms with E-state index in [2.05, 4.69) is 22.5 Å². The van der Waals surface area contributed by atoms with Gasteiger partial charge in [0, 0.05) is 25.1 Å². The second-order valence-corrected chi connectivity index (χ2v) is 5.51. The van der Waals surface area contributed by atoms with Gasteiger partial charge in [0.2, 0.25) is 0 Å². The maximum Gasteiger partial charge on any atom is 0.271 e. The van der Waals surface area contributed by atoms with E-state index in [1.807, 2.05) is 18.2 Å². The van der Waals surface area contributed by atoms with E-state index in [9.17, 15) is 9.59 Å². The van der Waals surface area contributed by atoms with Gasteiger partial charge >= 0.3 is 0 Å². The van der Waals surface area contributed by atoms with Crippen LogP contribution >= 0.6 is 0 Å². The summed E-state index contributed by atoms with van der Waals surface area (Å²) in [6.45, 7) is 0.598. The topological polar surface area (TPSA) is 64.0 Å². The lowest BCUT2D eigenvalue weighted by atomic mass is 9.96. The molecule has 0 bridgehead atoms. The fraction of sp³-hybridized carbons (Fsp3) is 0.312. The summed E-state index contributed by atoms with van der Waals surface area (Å²) in [5.41, 5.74) is 1.37. The van der Waals surface area contributed by atoms with Crippen LogP contribution < -0.4 is 10.9 Å². The van der Waals surface area contributed by atoms with Crippen molar-refractivity contribution in [3.05, 3.63) is 64.1 Å². The molecule has 1 amide bonds. The van der Waals surface area contributed by atoms with Crippen molar-refractivity contribution in [3.8, 4) is 0 Å². The smallest absolute Gasteiger partial charge is 0.271 e. The van der Waals surface area contributed by atoms with E-state index in [4.69, 9.17) is 0 Å². The summed E-state index contributed by atoms with van der Waals surface area (Å²) in [5, 5.41) is 6.89. The van der Waals surface area contributed by atoms with Crippen LogP contribution in [0.2, 0.25) is 0 Å². The Hall–Kier alpha value is -2.43. The minimum absolute atomic E-state index is 0.0670. The van der Waals surface area contributed by atoms with Crippen molar-refractivity contribution in [1.82, 2.24) is 15.1 Å². The zero-order chi connectivity index (χ0) is 14.9. The van der Waals surface area contributed by atoms with Crippen molar-refractivity contribution in [1.29, 1.82) is 0 Å². The molecule has 1 aliphatic rings. The van der Waals surface area contributed by atoms with Gasteiger partial charge in [-0.3, -0.25) is 9.59 Å². The van der Waals surface area contributed by atoms with Crippen LogP contribution in [0, 0.1) is 0 Å². The number of benzene rings is 1. The molecule has 3 rings (SSSR count). The van der Waals surface area contributed by atoms with Crippen molar-refractivity contribution in [2.75, 3.05) is 6.54 Å². The Labute approximate surface area is 122 Å². The van der Waals surface area contributed by atoms with Crippen molar-refractivity contribution in [3.63, 3.8) is 0 Å². The summed E-state index contributed by atoms with van der Waals surface area (Å²) in [7, 11) is 1.53. The summed E-state index contributed by atoms with van der Waals surface area (Å²) in [5.74, 6) is -0.243. The largest absolute Gasteiger partial charge is 0.350 e. The highest BCUT2D eigenvalue weighted by atomic mass is 16.2. The van der Waals surface area contributed by atoms with E-state index in [1.54, 1.807) is 0 Å². The summed E-state index contributed by atoms with van der Waals surface area (Å²) in [6.07, 6.45) is 2.16. The molecule has 1 aromatic heterocycles. The zero-order valence-electron chi connectivity index (χ0n) is 11.9. The minimum atomic E-state index is -0.243. The van der Waals surface area contributed by atoms with Gasteiger partial charge in [-0.2, -0.15) is 5.10 Å². The normalized spacial score (nSPS) is 15.5. The molecule has 0 spiro atoms. The highest BCUT2D eigenvalue weighted by molar-refractivity contribution is 5.92. The Morgan fingerprint density at radius 3 is 2.57 bits per heavy atom. The van der Waals surface area contributed by atoms with Crippen LogP contribution in [0.5, 0.6) is 0 Å². The first-order chi connectivity index (χ1) is 10.1. The number of nitrogens with zero attached hydrogens (tertiary/aromatic N) is 2. The number of amides is 1. The number of carbonyl (C=O) groups is 1. The molecule has 5 nitrogen and oxygen atoms in total. The molecular weight excluding hydrogens is 266 g/mol. The first-order valence-corrected chi connectivity index (χ1v) is 6.99. The quantitative estimate of drug-likeness (QED) is 0.918. The third-order valence-electron chi connectivity index (χ3n) is 4.02. The van der Waals surface area contributed by atoms with E-state index in [1.165, 1.54) is 29.4 Å². The Morgan fingerprint density at radius 2 is 1.95 bits per heavy atom. The summed E-state index contributed by atoms with van der Waals surface area (Å²) in [6, 6.07) is 13.0. The van der Waals surface area contributed by atoms with Gasteiger partial charge in [-0.15, -0.1) is 0 Å². The Morgan fingerprint density at radius 1 is 1.24 bits per heavy atom. The molecule has 1 saturated carbocycles. The van der Waals surface area contributed by atoms with E-state index in [0.29, 0.717) is 6.54 Å². The van der Waals surface area contributed by atoms with Gasteiger partial charge < -0.3 is 5.32 Å². The number of aromatic nitrogens is 2. The number of hydrogen-bond donors (Lipinski definition) is 1. The van der Waals surface area contributed by atoms with Gasteiger partial charge in [0.1, 0.15) is 5.69 Å². The molecule has 0 aliphatic heterocycles. The molecule has 1 aliphatic carbocycles. The molecule has 1 aromatic carbocycles. The van der Waals surface area contributed by atoms with Gasteiger partial charge in [-0.25, -0.2) is 4.68 Å². The summed E-state index contributed by atoms with van der Waals surface area (Å²) in [4.78, 5) is 23.4. The summed E-state index contributed by atoms with van der Waals surface area (Å²) < 4.78 is 1.17. The van der Waals surface area contributed by atoms with Gasteiger partial charge in [-0.1, -0.05) is 30.3 Å². The standard InChI is InChI=1S/C16H17N3O2/c1-19-14(20)8-7-13(18-19)15(21)17-11-16(9-10-16)12-5-3-2-4-6-12/h2-8H,9-11H2,1H3,(H,17,21). The molecular formula is C16H17N3O2. The fourth-order valence-electron chi connectivity index (χ4n) is 2.47. The molecule has 1 N–H and O–H groups in total. The average Bonchev–Trinajstić information content (AvgIpc) is 3.30. The zero-order valence-corrected chi connectivity index (χ0v) is 11.9. The molecule has 1 fully saturated rings. The molecule has 0 saturated heterocycles. The second-order valence-electron chi connectivity index (χ2n) is 5.51. The van der Waals surface area contributed by atoms with E-state index in [0.717, 1.165) is 12.8 Å². The molecule has 0 unspecified atom stereocenters. The molecule has 21 heavy (non-hydrogen) atoms. The predicted octanol–water partition coefficient (Wildman–Crippen LogP) is 1.24. The summed E-state index contributed by atoms with van der Waals surface area (Å²) >= 11 is 0. The van der Waals surface area contributed by atoms with Gasteiger partial charge in [0.25, 0.3) is 11.5 Å². The SMILES string of the molecule is Cn1nc(C(=O)NCC2(c3ccccc3)CC2)ccc1=O. The van der Waals surface area contributed by atoms with Crippen LogP contribution in [0.25, 0.3) is 0 Å². The number of carbonyl (C=O) groups excluding carboxylic acids is 1. The fourth-order valence-corrected chi connectivity index (χ4v) is 2.47. The Bertz CT molecular complexity index is 718. The van der Waals surface area contributed by atoms with Crippen LogP contribution in [0.15, 0.2) is 47.3 Å². The third kappa shape index (κ3) is 2.72. The third-order valence-corrected chi connectivity index (χ3v) is 4.02. The highest BCUT2D eigenvalue weighted by Gasteiger charge is 2.44. The van der Waals surface area contributed by atoms with Crippen LogP contribution in [-0.4, -0.2) is 22.2 Å². The number of aryl methyl sites for hydroxylation is 1.